The lowest BCUT2D eigenvalue weighted by molar-refractivity contribution is 0.209. The van der Waals surface area contributed by atoms with Crippen molar-refractivity contribution in [3.8, 4) is 11.5 Å². The van der Waals surface area contributed by atoms with E-state index in [-0.39, 0.29) is 6.03 Å². The molecule has 0 fully saturated rings. The Kier molecular flexibility index (Phi) is 4.85. The summed E-state index contributed by atoms with van der Waals surface area (Å²) in [5, 5.41) is 4.28. The quantitative estimate of drug-likeness (QED) is 0.449. The maximum absolute atomic E-state index is 12.9. The molecule has 0 saturated carbocycles. The Morgan fingerprint density at radius 1 is 0.900 bits per heavy atom. The third kappa shape index (κ3) is 3.74. The number of aryl methyl sites for hydroxylation is 1. The first-order valence-corrected chi connectivity index (χ1v) is 10.2. The average Bonchev–Trinajstić information content (AvgIpc) is 2.98. The number of nitrogens with one attached hydrogen (secondary N) is 2. The van der Waals surface area contributed by atoms with Crippen molar-refractivity contribution in [3.63, 3.8) is 0 Å². The van der Waals surface area contributed by atoms with Gasteiger partial charge < -0.3 is 19.9 Å². The van der Waals surface area contributed by atoms with Gasteiger partial charge in [-0.1, -0.05) is 36.4 Å². The van der Waals surface area contributed by atoms with Crippen LogP contribution in [0.15, 0.2) is 78.9 Å². The van der Waals surface area contributed by atoms with Crippen LogP contribution in [0.5, 0.6) is 11.5 Å². The highest BCUT2D eigenvalue weighted by molar-refractivity contribution is 5.90. The van der Waals surface area contributed by atoms with Gasteiger partial charge in [0.15, 0.2) is 0 Å². The van der Waals surface area contributed by atoms with Crippen molar-refractivity contribution in [2.45, 2.75) is 19.4 Å². The number of hydrogen-bond acceptors (Lipinski definition) is 2. The van der Waals surface area contributed by atoms with Crippen molar-refractivity contribution < 1.29 is 9.53 Å². The highest BCUT2D eigenvalue weighted by Crippen LogP contribution is 2.28. The van der Waals surface area contributed by atoms with E-state index in [1.807, 2.05) is 65.6 Å². The molecule has 0 radical (unpaired) electrons. The van der Waals surface area contributed by atoms with E-state index in [1.54, 1.807) is 0 Å². The molecule has 2 amide bonds. The molecule has 30 heavy (non-hydrogen) atoms. The van der Waals surface area contributed by atoms with Crippen molar-refractivity contribution in [3.05, 3.63) is 90.1 Å². The molecule has 3 aromatic carbocycles. The second-order valence-electron chi connectivity index (χ2n) is 7.52. The van der Waals surface area contributed by atoms with Gasteiger partial charge in [0.1, 0.15) is 11.5 Å². The zero-order valence-corrected chi connectivity index (χ0v) is 16.6. The number of H-pyrrole nitrogens is 1. The predicted molar refractivity (Wildman–Crippen MR) is 119 cm³/mol. The fraction of sp³-hybridized carbons (Fsp3) is 0.160. The molecule has 1 aliphatic rings. The number of amides is 2. The maximum Gasteiger partial charge on any atom is 0.322 e. The molecule has 4 aromatic rings. The SMILES string of the molecule is O=C(Nc1ccc(Oc2ccccc2)cc1)N1CCCc2c([nH]c3ccccc23)C1. The Bertz CT molecular complexity index is 1170. The van der Waals surface area contributed by atoms with Crippen LogP contribution in [0.4, 0.5) is 10.5 Å². The first-order valence-electron chi connectivity index (χ1n) is 10.2. The number of rotatable bonds is 3. The Balaban J connectivity index is 1.27. The summed E-state index contributed by atoms with van der Waals surface area (Å²) in [4.78, 5) is 18.3. The molecule has 150 valence electrons. The van der Waals surface area contributed by atoms with E-state index in [0.717, 1.165) is 47.8 Å². The van der Waals surface area contributed by atoms with Crippen LogP contribution in [0, 0.1) is 0 Å². The van der Waals surface area contributed by atoms with E-state index in [4.69, 9.17) is 4.74 Å². The number of ether oxygens (including phenoxy) is 1. The first kappa shape index (κ1) is 18.3. The Hall–Kier alpha value is -3.73. The van der Waals surface area contributed by atoms with Gasteiger partial charge in [0.25, 0.3) is 0 Å². The Morgan fingerprint density at radius 3 is 2.47 bits per heavy atom. The minimum atomic E-state index is -0.0850. The lowest BCUT2D eigenvalue weighted by Crippen LogP contribution is -2.34. The fourth-order valence-corrected chi connectivity index (χ4v) is 4.00. The monoisotopic (exact) mass is 397 g/mol. The number of urea groups is 1. The summed E-state index contributed by atoms with van der Waals surface area (Å²) in [6, 6.07) is 25.4. The molecular weight excluding hydrogens is 374 g/mol. The fourth-order valence-electron chi connectivity index (χ4n) is 4.00. The van der Waals surface area contributed by atoms with Crippen LogP contribution in [0.1, 0.15) is 17.7 Å². The Labute approximate surface area is 175 Å². The van der Waals surface area contributed by atoms with Crippen molar-refractivity contribution in [2.75, 3.05) is 11.9 Å². The molecule has 0 spiro atoms. The third-order valence-electron chi connectivity index (χ3n) is 5.48. The highest BCUT2D eigenvalue weighted by atomic mass is 16.5. The maximum atomic E-state index is 12.9. The van der Waals surface area contributed by atoms with Gasteiger partial charge in [-0.25, -0.2) is 4.79 Å². The molecule has 2 N–H and O–H groups in total. The minimum absolute atomic E-state index is 0.0850. The third-order valence-corrected chi connectivity index (χ3v) is 5.48. The van der Waals surface area contributed by atoms with E-state index in [1.165, 1.54) is 10.9 Å². The van der Waals surface area contributed by atoms with Crippen LogP contribution in [-0.4, -0.2) is 22.5 Å². The number of anilines is 1. The van der Waals surface area contributed by atoms with Gasteiger partial charge in [-0.3, -0.25) is 0 Å². The molecular formula is C25H23N3O2. The van der Waals surface area contributed by atoms with Gasteiger partial charge in [0, 0.05) is 28.8 Å². The van der Waals surface area contributed by atoms with Crippen LogP contribution < -0.4 is 10.1 Å². The van der Waals surface area contributed by atoms with Crippen molar-refractivity contribution in [1.82, 2.24) is 9.88 Å². The second kappa shape index (κ2) is 7.95. The minimum Gasteiger partial charge on any atom is -0.457 e. The molecule has 1 aliphatic heterocycles. The van der Waals surface area contributed by atoms with Gasteiger partial charge in [-0.15, -0.1) is 0 Å². The largest absolute Gasteiger partial charge is 0.457 e. The number of aromatic nitrogens is 1. The zero-order valence-electron chi connectivity index (χ0n) is 16.6. The van der Waals surface area contributed by atoms with Gasteiger partial charge >= 0.3 is 6.03 Å². The average molecular weight is 397 g/mol. The van der Waals surface area contributed by atoms with Gasteiger partial charge in [-0.05, 0) is 60.9 Å². The first-order chi connectivity index (χ1) is 14.8. The predicted octanol–water partition coefficient (Wildman–Crippen LogP) is 5.94. The number of carbonyl (C=O) groups excluding carboxylic acids is 1. The number of aromatic amines is 1. The van der Waals surface area contributed by atoms with Crippen molar-refractivity contribution in [1.29, 1.82) is 0 Å². The van der Waals surface area contributed by atoms with E-state index < -0.39 is 0 Å². The number of para-hydroxylation sites is 2. The summed E-state index contributed by atoms with van der Waals surface area (Å²) >= 11 is 0. The number of fused-ring (bicyclic) bond motifs is 3. The number of carbonyl (C=O) groups is 1. The van der Waals surface area contributed by atoms with E-state index >= 15 is 0 Å². The van der Waals surface area contributed by atoms with Crippen LogP contribution in [0.2, 0.25) is 0 Å². The molecule has 5 rings (SSSR count). The van der Waals surface area contributed by atoms with Gasteiger partial charge in [0.05, 0.1) is 6.54 Å². The summed E-state index contributed by atoms with van der Waals surface area (Å²) in [6.07, 6.45) is 1.93. The van der Waals surface area contributed by atoms with Crippen LogP contribution in [0.3, 0.4) is 0 Å². The van der Waals surface area contributed by atoms with Crippen molar-refractivity contribution in [2.24, 2.45) is 0 Å². The molecule has 0 atom stereocenters. The standard InChI is InChI=1S/C25H23N3O2/c29-25(26-18-12-14-20(15-13-18)30-19-7-2-1-3-8-19)28-16-6-10-22-21-9-4-5-11-23(21)27-24(22)17-28/h1-5,7-9,11-15,27H,6,10,16-17H2,(H,26,29). The molecule has 0 bridgehead atoms. The molecule has 0 unspecified atom stereocenters. The molecule has 0 aliphatic carbocycles. The van der Waals surface area contributed by atoms with E-state index in [0.29, 0.717) is 6.54 Å². The number of benzene rings is 3. The molecule has 2 heterocycles. The highest BCUT2D eigenvalue weighted by Gasteiger charge is 2.22. The second-order valence-corrected chi connectivity index (χ2v) is 7.52. The smallest absolute Gasteiger partial charge is 0.322 e. The molecule has 5 heteroatoms. The van der Waals surface area contributed by atoms with E-state index in [9.17, 15) is 4.79 Å². The van der Waals surface area contributed by atoms with Gasteiger partial charge in [0.2, 0.25) is 0 Å². The Morgan fingerprint density at radius 2 is 1.63 bits per heavy atom. The lowest BCUT2D eigenvalue weighted by Gasteiger charge is -2.21. The lowest BCUT2D eigenvalue weighted by atomic mass is 10.1. The molecule has 5 nitrogen and oxygen atoms in total. The summed E-state index contributed by atoms with van der Waals surface area (Å²) in [6.45, 7) is 1.32. The topological polar surface area (TPSA) is 57.4 Å². The summed E-state index contributed by atoms with van der Waals surface area (Å²) < 4.78 is 5.81. The number of hydrogen-bond donors (Lipinski definition) is 2. The molecule has 1 aromatic heterocycles. The zero-order chi connectivity index (χ0) is 20.3. The number of nitrogens with zero attached hydrogens (tertiary/aromatic N) is 1. The van der Waals surface area contributed by atoms with Crippen LogP contribution in [0.25, 0.3) is 10.9 Å². The van der Waals surface area contributed by atoms with Crippen LogP contribution in [-0.2, 0) is 13.0 Å². The summed E-state index contributed by atoms with van der Waals surface area (Å²) in [7, 11) is 0. The van der Waals surface area contributed by atoms with E-state index in [2.05, 4.69) is 28.5 Å². The van der Waals surface area contributed by atoms with Gasteiger partial charge in [-0.2, -0.15) is 0 Å². The molecule has 0 saturated heterocycles. The van der Waals surface area contributed by atoms with Crippen LogP contribution >= 0.6 is 0 Å². The normalized spacial score (nSPS) is 13.5. The van der Waals surface area contributed by atoms with Crippen molar-refractivity contribution >= 4 is 22.6 Å². The summed E-state index contributed by atoms with van der Waals surface area (Å²) in [5.41, 5.74) is 4.36. The summed E-state index contributed by atoms with van der Waals surface area (Å²) in [5.74, 6) is 1.52.